The highest BCUT2D eigenvalue weighted by Crippen LogP contribution is 2.14. The molecule has 0 saturated heterocycles. The summed E-state index contributed by atoms with van der Waals surface area (Å²) in [7, 11) is 2.18. The van der Waals surface area contributed by atoms with Gasteiger partial charge in [-0.3, -0.25) is 0 Å². The van der Waals surface area contributed by atoms with Crippen molar-refractivity contribution in [1.29, 1.82) is 0 Å². The van der Waals surface area contributed by atoms with E-state index in [9.17, 15) is 0 Å². The Morgan fingerprint density at radius 1 is 1.35 bits per heavy atom. The lowest BCUT2D eigenvalue weighted by Gasteiger charge is -2.20. The van der Waals surface area contributed by atoms with Crippen molar-refractivity contribution in [3.05, 3.63) is 24.2 Å². The van der Waals surface area contributed by atoms with Gasteiger partial charge in [0.2, 0.25) is 0 Å². The van der Waals surface area contributed by atoms with E-state index in [-0.39, 0.29) is 0 Å². The molecule has 0 fully saturated rings. The van der Waals surface area contributed by atoms with Gasteiger partial charge in [0.15, 0.2) is 5.82 Å². The fourth-order valence-corrected chi connectivity index (χ4v) is 2.13. The van der Waals surface area contributed by atoms with Crippen LogP contribution in [0.2, 0.25) is 0 Å². The molecule has 110 valence electrons. The molecule has 5 heteroatoms. The molecule has 0 unspecified atom stereocenters. The minimum absolute atomic E-state index is 0.619. The van der Waals surface area contributed by atoms with Gasteiger partial charge < -0.3 is 10.2 Å². The maximum absolute atomic E-state index is 4.40. The van der Waals surface area contributed by atoms with Crippen LogP contribution in [0.1, 0.15) is 32.4 Å². The van der Waals surface area contributed by atoms with Crippen molar-refractivity contribution < 1.29 is 0 Å². The highest BCUT2D eigenvalue weighted by atomic mass is 15.2. The van der Waals surface area contributed by atoms with Gasteiger partial charge in [-0.25, -0.2) is 9.50 Å². The Morgan fingerprint density at radius 2 is 2.15 bits per heavy atom. The molecule has 0 aliphatic rings. The van der Waals surface area contributed by atoms with E-state index in [1.807, 2.05) is 17.6 Å². The fraction of sp³-hybridized carbons (Fsp3) is 0.600. The average molecular weight is 275 g/mol. The van der Waals surface area contributed by atoms with E-state index < -0.39 is 0 Å². The molecule has 0 spiro atoms. The van der Waals surface area contributed by atoms with Gasteiger partial charge in [0.25, 0.3) is 0 Å². The molecule has 1 N–H and O–H groups in total. The summed E-state index contributed by atoms with van der Waals surface area (Å²) in [5.41, 5.74) is 2.06. The quantitative estimate of drug-likeness (QED) is 0.789. The first-order chi connectivity index (χ1) is 9.58. The molecule has 20 heavy (non-hydrogen) atoms. The number of fused-ring (bicyclic) bond motifs is 1. The third-order valence-electron chi connectivity index (χ3n) is 3.62. The van der Waals surface area contributed by atoms with Crippen molar-refractivity contribution in [2.75, 3.05) is 25.5 Å². The predicted molar refractivity (Wildman–Crippen MR) is 83.2 cm³/mol. The zero-order chi connectivity index (χ0) is 14.5. The second-order valence-corrected chi connectivity index (χ2v) is 5.60. The molecule has 0 radical (unpaired) electrons. The SMILES string of the molecule is Cc1cc2c(NCCCCN(C)C(C)C)nccn2n1. The van der Waals surface area contributed by atoms with Crippen molar-refractivity contribution in [3.8, 4) is 0 Å². The summed E-state index contributed by atoms with van der Waals surface area (Å²) in [4.78, 5) is 6.77. The van der Waals surface area contributed by atoms with Gasteiger partial charge in [-0.2, -0.15) is 5.10 Å². The molecule has 5 nitrogen and oxygen atoms in total. The van der Waals surface area contributed by atoms with Crippen molar-refractivity contribution in [3.63, 3.8) is 0 Å². The summed E-state index contributed by atoms with van der Waals surface area (Å²) in [6.07, 6.45) is 6.01. The summed E-state index contributed by atoms with van der Waals surface area (Å²) < 4.78 is 1.87. The second kappa shape index (κ2) is 6.70. The number of unbranched alkanes of at least 4 members (excludes halogenated alkanes) is 1. The van der Waals surface area contributed by atoms with Crippen LogP contribution in [0.15, 0.2) is 18.5 Å². The average Bonchev–Trinajstić information content (AvgIpc) is 2.79. The van der Waals surface area contributed by atoms with E-state index in [1.54, 1.807) is 6.20 Å². The Hall–Kier alpha value is -1.62. The molecule has 0 aromatic carbocycles. The standard InChI is InChI=1S/C15H25N5/c1-12(2)19(4)9-6-5-7-16-15-14-11-13(3)18-20(14)10-8-17-15/h8,10-12H,5-7,9H2,1-4H3,(H,16,17). The Balaban J connectivity index is 1.81. The highest BCUT2D eigenvalue weighted by Gasteiger charge is 2.05. The van der Waals surface area contributed by atoms with Crippen LogP contribution in [-0.4, -0.2) is 45.7 Å². The van der Waals surface area contributed by atoms with Crippen LogP contribution in [-0.2, 0) is 0 Å². The van der Waals surface area contributed by atoms with E-state index in [0.717, 1.165) is 36.5 Å². The predicted octanol–water partition coefficient (Wildman–Crippen LogP) is 2.57. The number of hydrogen-bond donors (Lipinski definition) is 1. The highest BCUT2D eigenvalue weighted by molar-refractivity contribution is 5.67. The minimum atomic E-state index is 0.619. The van der Waals surface area contributed by atoms with E-state index >= 15 is 0 Å². The number of aryl methyl sites for hydroxylation is 1. The monoisotopic (exact) mass is 275 g/mol. The molecule has 0 aliphatic heterocycles. The first-order valence-corrected chi connectivity index (χ1v) is 7.33. The van der Waals surface area contributed by atoms with Crippen molar-refractivity contribution in [2.45, 2.75) is 39.7 Å². The lowest BCUT2D eigenvalue weighted by molar-refractivity contribution is 0.269. The van der Waals surface area contributed by atoms with E-state index in [2.05, 4.69) is 47.3 Å². The Bertz CT molecular complexity index is 546. The van der Waals surface area contributed by atoms with Gasteiger partial charge in [-0.05, 0) is 53.3 Å². The zero-order valence-electron chi connectivity index (χ0n) is 12.9. The van der Waals surface area contributed by atoms with E-state index in [0.29, 0.717) is 6.04 Å². The number of nitrogens with one attached hydrogen (secondary N) is 1. The molecule has 2 rings (SSSR count). The Kier molecular flexibility index (Phi) is 4.95. The summed E-state index contributed by atoms with van der Waals surface area (Å²) in [5.74, 6) is 0.922. The molecule has 2 heterocycles. The van der Waals surface area contributed by atoms with Gasteiger partial charge >= 0.3 is 0 Å². The second-order valence-electron chi connectivity index (χ2n) is 5.60. The number of rotatable bonds is 7. The smallest absolute Gasteiger partial charge is 0.152 e. The first kappa shape index (κ1) is 14.8. The molecule has 0 saturated carbocycles. The summed E-state index contributed by atoms with van der Waals surface area (Å²) in [6.45, 7) is 8.54. The fourth-order valence-electron chi connectivity index (χ4n) is 2.13. The summed E-state index contributed by atoms with van der Waals surface area (Å²) in [6, 6.07) is 2.68. The third kappa shape index (κ3) is 3.70. The lowest BCUT2D eigenvalue weighted by Crippen LogP contribution is -2.27. The van der Waals surface area contributed by atoms with Crippen LogP contribution >= 0.6 is 0 Å². The Labute approximate surface area is 121 Å². The molecular weight excluding hydrogens is 250 g/mol. The largest absolute Gasteiger partial charge is 0.368 e. The van der Waals surface area contributed by atoms with Gasteiger partial charge in [0.1, 0.15) is 5.52 Å². The maximum Gasteiger partial charge on any atom is 0.152 e. The number of hydrogen-bond acceptors (Lipinski definition) is 4. The lowest BCUT2D eigenvalue weighted by atomic mass is 10.2. The Morgan fingerprint density at radius 3 is 2.90 bits per heavy atom. The van der Waals surface area contributed by atoms with Crippen LogP contribution < -0.4 is 5.32 Å². The van der Waals surface area contributed by atoms with Crippen LogP contribution in [0.4, 0.5) is 5.82 Å². The normalized spacial score (nSPS) is 11.7. The van der Waals surface area contributed by atoms with Gasteiger partial charge in [-0.15, -0.1) is 0 Å². The molecule has 2 aromatic heterocycles. The zero-order valence-corrected chi connectivity index (χ0v) is 12.9. The molecule has 0 aliphatic carbocycles. The van der Waals surface area contributed by atoms with Crippen molar-refractivity contribution in [1.82, 2.24) is 19.5 Å². The van der Waals surface area contributed by atoms with Crippen LogP contribution in [0.3, 0.4) is 0 Å². The van der Waals surface area contributed by atoms with Gasteiger partial charge in [0, 0.05) is 25.0 Å². The van der Waals surface area contributed by atoms with E-state index in [1.165, 1.54) is 6.42 Å². The van der Waals surface area contributed by atoms with Crippen LogP contribution in [0.5, 0.6) is 0 Å². The maximum atomic E-state index is 4.40. The number of nitrogens with zero attached hydrogens (tertiary/aromatic N) is 4. The number of aromatic nitrogens is 3. The van der Waals surface area contributed by atoms with Crippen molar-refractivity contribution >= 4 is 11.3 Å². The summed E-state index contributed by atoms with van der Waals surface area (Å²) in [5, 5.41) is 7.80. The number of anilines is 1. The van der Waals surface area contributed by atoms with Gasteiger partial charge in [0.05, 0.1) is 5.69 Å². The van der Waals surface area contributed by atoms with E-state index in [4.69, 9.17) is 0 Å². The summed E-state index contributed by atoms with van der Waals surface area (Å²) >= 11 is 0. The minimum Gasteiger partial charge on any atom is -0.368 e. The van der Waals surface area contributed by atoms with Crippen LogP contribution in [0, 0.1) is 6.92 Å². The third-order valence-corrected chi connectivity index (χ3v) is 3.62. The molecule has 0 atom stereocenters. The van der Waals surface area contributed by atoms with Crippen molar-refractivity contribution in [2.24, 2.45) is 0 Å². The molecule has 2 aromatic rings. The van der Waals surface area contributed by atoms with Crippen LogP contribution in [0.25, 0.3) is 5.52 Å². The van der Waals surface area contributed by atoms with Gasteiger partial charge in [-0.1, -0.05) is 0 Å². The molecule has 0 amide bonds. The topological polar surface area (TPSA) is 45.5 Å². The molecule has 0 bridgehead atoms. The first-order valence-electron chi connectivity index (χ1n) is 7.33. The molecular formula is C15H25N5.